The number of ether oxygens (including phenoxy) is 2. The smallest absolute Gasteiger partial charge is 0.311 e. The second kappa shape index (κ2) is 7.04. The van der Waals surface area contributed by atoms with Gasteiger partial charge < -0.3 is 19.5 Å². The lowest BCUT2D eigenvalue weighted by Gasteiger charge is -2.34. The van der Waals surface area contributed by atoms with Gasteiger partial charge in [-0.15, -0.1) is 0 Å². The van der Waals surface area contributed by atoms with Crippen LogP contribution in [0.2, 0.25) is 0 Å². The summed E-state index contributed by atoms with van der Waals surface area (Å²) in [6.45, 7) is 4.33. The molecule has 2 atom stereocenters. The third-order valence-corrected chi connectivity index (χ3v) is 4.09. The molecule has 0 aromatic carbocycles. The summed E-state index contributed by atoms with van der Waals surface area (Å²) in [6, 6.07) is -0.331. The number of carboxylic acid groups (broad SMARTS) is 1. The van der Waals surface area contributed by atoms with E-state index in [1.807, 2.05) is 6.92 Å². The first-order valence-electron chi connectivity index (χ1n) is 7.34. The number of carboxylic acids is 1. The molecular weight excluding hydrogens is 262 g/mol. The van der Waals surface area contributed by atoms with E-state index in [0.717, 1.165) is 19.3 Å². The van der Waals surface area contributed by atoms with Crippen molar-refractivity contribution in [3.8, 4) is 0 Å². The first-order chi connectivity index (χ1) is 9.65. The van der Waals surface area contributed by atoms with Crippen LogP contribution < -0.4 is 0 Å². The topological polar surface area (TPSA) is 76.1 Å². The SMILES string of the molecule is CCCN(C(=O)C1CCOCC1)C1COCC1C(=O)O. The zero-order valence-electron chi connectivity index (χ0n) is 11.9. The van der Waals surface area contributed by atoms with E-state index in [1.54, 1.807) is 4.90 Å². The van der Waals surface area contributed by atoms with Crippen LogP contribution in [-0.2, 0) is 19.1 Å². The number of carbonyl (C=O) groups excluding carboxylic acids is 1. The molecule has 2 rings (SSSR count). The molecule has 0 aromatic heterocycles. The molecule has 6 heteroatoms. The van der Waals surface area contributed by atoms with Crippen molar-refractivity contribution in [2.75, 3.05) is 33.0 Å². The van der Waals surface area contributed by atoms with Crippen molar-refractivity contribution in [2.24, 2.45) is 11.8 Å². The van der Waals surface area contributed by atoms with E-state index in [0.29, 0.717) is 26.4 Å². The predicted molar refractivity (Wildman–Crippen MR) is 71.3 cm³/mol. The molecule has 1 amide bonds. The molecule has 20 heavy (non-hydrogen) atoms. The number of rotatable bonds is 5. The summed E-state index contributed by atoms with van der Waals surface area (Å²) >= 11 is 0. The van der Waals surface area contributed by atoms with Crippen LogP contribution in [0.15, 0.2) is 0 Å². The molecule has 0 aromatic rings. The largest absolute Gasteiger partial charge is 0.481 e. The van der Waals surface area contributed by atoms with Crippen molar-refractivity contribution in [2.45, 2.75) is 32.2 Å². The number of nitrogens with zero attached hydrogens (tertiary/aromatic N) is 1. The van der Waals surface area contributed by atoms with Crippen molar-refractivity contribution in [3.05, 3.63) is 0 Å². The molecule has 2 saturated heterocycles. The van der Waals surface area contributed by atoms with Crippen molar-refractivity contribution < 1.29 is 24.2 Å². The fourth-order valence-electron chi connectivity index (χ4n) is 2.95. The molecule has 2 aliphatic rings. The minimum atomic E-state index is -0.881. The number of carbonyl (C=O) groups is 2. The van der Waals surface area contributed by atoms with Crippen molar-refractivity contribution in [1.29, 1.82) is 0 Å². The zero-order valence-corrected chi connectivity index (χ0v) is 11.9. The molecular formula is C14H23NO5. The normalized spacial score (nSPS) is 27.4. The predicted octanol–water partition coefficient (Wildman–Crippen LogP) is 0.751. The Balaban J connectivity index is 2.08. The van der Waals surface area contributed by atoms with Crippen molar-refractivity contribution in [1.82, 2.24) is 4.90 Å². The van der Waals surface area contributed by atoms with Gasteiger partial charge in [0.2, 0.25) is 5.91 Å². The van der Waals surface area contributed by atoms with E-state index in [9.17, 15) is 14.7 Å². The number of hydrogen-bond donors (Lipinski definition) is 1. The van der Waals surface area contributed by atoms with Gasteiger partial charge in [-0.25, -0.2) is 0 Å². The summed E-state index contributed by atoms with van der Waals surface area (Å²) in [4.78, 5) is 25.7. The average molecular weight is 285 g/mol. The second-order valence-electron chi connectivity index (χ2n) is 5.47. The van der Waals surface area contributed by atoms with E-state index in [-0.39, 0.29) is 24.5 Å². The van der Waals surface area contributed by atoms with Crippen LogP contribution in [0.5, 0.6) is 0 Å². The van der Waals surface area contributed by atoms with Gasteiger partial charge in [-0.05, 0) is 19.3 Å². The molecule has 0 aliphatic carbocycles. The monoisotopic (exact) mass is 285 g/mol. The maximum atomic E-state index is 12.7. The van der Waals surface area contributed by atoms with Gasteiger partial charge in [-0.1, -0.05) is 6.92 Å². The van der Waals surface area contributed by atoms with Crippen molar-refractivity contribution in [3.63, 3.8) is 0 Å². The molecule has 114 valence electrons. The molecule has 0 bridgehead atoms. The van der Waals surface area contributed by atoms with Gasteiger partial charge in [0.05, 0.1) is 19.3 Å². The molecule has 1 N–H and O–H groups in total. The lowest BCUT2D eigenvalue weighted by atomic mass is 9.95. The highest BCUT2D eigenvalue weighted by molar-refractivity contribution is 5.80. The Kier molecular flexibility index (Phi) is 5.37. The van der Waals surface area contributed by atoms with Gasteiger partial charge in [0.25, 0.3) is 0 Å². The molecule has 0 spiro atoms. The highest BCUT2D eigenvalue weighted by Crippen LogP contribution is 2.25. The Morgan fingerprint density at radius 3 is 2.50 bits per heavy atom. The minimum absolute atomic E-state index is 0.0367. The number of aliphatic carboxylic acids is 1. The summed E-state index contributed by atoms with van der Waals surface area (Å²) in [5.41, 5.74) is 0. The summed E-state index contributed by atoms with van der Waals surface area (Å²) < 4.78 is 10.6. The van der Waals surface area contributed by atoms with Crippen LogP contribution >= 0.6 is 0 Å². The van der Waals surface area contributed by atoms with Crippen LogP contribution in [0.25, 0.3) is 0 Å². The van der Waals surface area contributed by atoms with Gasteiger partial charge in [-0.3, -0.25) is 9.59 Å². The van der Waals surface area contributed by atoms with Gasteiger partial charge in [0, 0.05) is 25.7 Å². The van der Waals surface area contributed by atoms with E-state index in [2.05, 4.69) is 0 Å². The highest BCUT2D eigenvalue weighted by Gasteiger charge is 2.41. The Bertz CT molecular complexity index is 353. The molecule has 0 saturated carbocycles. The fourth-order valence-corrected chi connectivity index (χ4v) is 2.95. The van der Waals surface area contributed by atoms with Crippen LogP contribution in [0.1, 0.15) is 26.2 Å². The highest BCUT2D eigenvalue weighted by atomic mass is 16.5. The van der Waals surface area contributed by atoms with E-state index < -0.39 is 11.9 Å². The quantitative estimate of drug-likeness (QED) is 0.806. The molecule has 6 nitrogen and oxygen atoms in total. The maximum Gasteiger partial charge on any atom is 0.311 e. The van der Waals surface area contributed by atoms with Crippen LogP contribution in [0.4, 0.5) is 0 Å². The molecule has 2 heterocycles. The van der Waals surface area contributed by atoms with Gasteiger partial charge in [0.15, 0.2) is 0 Å². The van der Waals surface area contributed by atoms with E-state index in [1.165, 1.54) is 0 Å². The lowest BCUT2D eigenvalue weighted by molar-refractivity contribution is -0.147. The summed E-state index contributed by atoms with van der Waals surface area (Å²) in [6.07, 6.45) is 2.27. The standard InChI is InChI=1S/C14H23NO5/c1-2-5-15(12-9-20-8-11(12)14(17)18)13(16)10-3-6-19-7-4-10/h10-12H,2-9H2,1H3,(H,17,18). The van der Waals surface area contributed by atoms with E-state index >= 15 is 0 Å². The molecule has 0 radical (unpaired) electrons. The Morgan fingerprint density at radius 1 is 1.20 bits per heavy atom. The minimum Gasteiger partial charge on any atom is -0.481 e. The molecule has 2 unspecified atom stereocenters. The lowest BCUT2D eigenvalue weighted by Crippen LogP contribution is -2.49. The third-order valence-electron chi connectivity index (χ3n) is 4.09. The summed E-state index contributed by atoms with van der Waals surface area (Å²) in [5, 5.41) is 9.25. The van der Waals surface area contributed by atoms with E-state index in [4.69, 9.17) is 9.47 Å². The maximum absolute atomic E-state index is 12.7. The third kappa shape index (κ3) is 3.30. The number of amides is 1. The van der Waals surface area contributed by atoms with Crippen LogP contribution in [-0.4, -0.2) is 60.9 Å². The number of hydrogen-bond acceptors (Lipinski definition) is 4. The first kappa shape index (κ1) is 15.3. The Labute approximate surface area is 119 Å². The Morgan fingerprint density at radius 2 is 1.90 bits per heavy atom. The fraction of sp³-hybridized carbons (Fsp3) is 0.857. The molecule has 2 fully saturated rings. The van der Waals surface area contributed by atoms with Gasteiger partial charge in [-0.2, -0.15) is 0 Å². The summed E-state index contributed by atoms with van der Waals surface area (Å²) in [5.74, 6) is -1.46. The Hall–Kier alpha value is -1.14. The van der Waals surface area contributed by atoms with Crippen molar-refractivity contribution >= 4 is 11.9 Å². The van der Waals surface area contributed by atoms with Crippen LogP contribution in [0, 0.1) is 11.8 Å². The van der Waals surface area contributed by atoms with Gasteiger partial charge >= 0.3 is 5.97 Å². The second-order valence-corrected chi connectivity index (χ2v) is 5.47. The van der Waals surface area contributed by atoms with Gasteiger partial charge in [0.1, 0.15) is 5.92 Å². The van der Waals surface area contributed by atoms with Crippen LogP contribution in [0.3, 0.4) is 0 Å². The average Bonchev–Trinajstić information content (AvgIpc) is 2.94. The molecule has 2 aliphatic heterocycles. The zero-order chi connectivity index (χ0) is 14.5. The first-order valence-corrected chi connectivity index (χ1v) is 7.34. The summed E-state index contributed by atoms with van der Waals surface area (Å²) in [7, 11) is 0.